The number of carbonyl (C=O) groups is 1. The van der Waals surface area contributed by atoms with Crippen molar-refractivity contribution in [1.82, 2.24) is 0 Å². The molecule has 0 aliphatic rings. The van der Waals surface area contributed by atoms with Crippen molar-refractivity contribution in [1.29, 1.82) is 0 Å². The van der Waals surface area contributed by atoms with Crippen molar-refractivity contribution in [3.05, 3.63) is 48.0 Å². The number of carboxylic acid groups (broad SMARTS) is 1. The maximum Gasteiger partial charge on any atom is 0.339 e. The molecule has 104 valence electrons. The summed E-state index contributed by atoms with van der Waals surface area (Å²) in [6, 6.07) is 12.7. The quantitative estimate of drug-likeness (QED) is 0.905. The fourth-order valence-electron chi connectivity index (χ4n) is 1.98. The standard InChI is InChI=1S/C16H16O4/c1-3-20-13-6-4-5-11(9-13)12-7-8-14(16(17)18)15(10-12)19-2/h4-10H,3H2,1-2H3,(H,17,18). The Morgan fingerprint density at radius 2 is 1.90 bits per heavy atom. The first-order chi connectivity index (χ1) is 9.65. The summed E-state index contributed by atoms with van der Waals surface area (Å²) in [5.41, 5.74) is 1.98. The molecule has 0 aromatic heterocycles. The van der Waals surface area contributed by atoms with Crippen molar-refractivity contribution >= 4 is 5.97 Å². The zero-order valence-corrected chi connectivity index (χ0v) is 11.4. The van der Waals surface area contributed by atoms with E-state index in [1.807, 2.05) is 31.2 Å². The average molecular weight is 272 g/mol. The van der Waals surface area contributed by atoms with Gasteiger partial charge in [0.2, 0.25) is 0 Å². The Balaban J connectivity index is 2.42. The van der Waals surface area contributed by atoms with Gasteiger partial charge in [0.05, 0.1) is 13.7 Å². The van der Waals surface area contributed by atoms with E-state index in [0.717, 1.165) is 16.9 Å². The fraction of sp³-hybridized carbons (Fsp3) is 0.188. The Labute approximate surface area is 117 Å². The molecule has 0 spiro atoms. The highest BCUT2D eigenvalue weighted by atomic mass is 16.5. The number of hydrogen-bond acceptors (Lipinski definition) is 3. The van der Waals surface area contributed by atoms with Gasteiger partial charge in [-0.25, -0.2) is 4.79 Å². The smallest absolute Gasteiger partial charge is 0.339 e. The van der Waals surface area contributed by atoms with Crippen LogP contribution in [0, 0.1) is 0 Å². The lowest BCUT2D eigenvalue weighted by molar-refractivity contribution is 0.0693. The van der Waals surface area contributed by atoms with Crippen LogP contribution in [-0.4, -0.2) is 24.8 Å². The van der Waals surface area contributed by atoms with Crippen LogP contribution in [0.25, 0.3) is 11.1 Å². The third-order valence-electron chi connectivity index (χ3n) is 2.91. The molecule has 4 heteroatoms. The van der Waals surface area contributed by atoms with Gasteiger partial charge >= 0.3 is 5.97 Å². The Kier molecular flexibility index (Phi) is 4.25. The molecule has 0 radical (unpaired) electrons. The van der Waals surface area contributed by atoms with Crippen LogP contribution in [0.5, 0.6) is 11.5 Å². The van der Waals surface area contributed by atoms with E-state index in [2.05, 4.69) is 0 Å². The van der Waals surface area contributed by atoms with Crippen molar-refractivity contribution in [3.63, 3.8) is 0 Å². The highest BCUT2D eigenvalue weighted by molar-refractivity contribution is 5.92. The van der Waals surface area contributed by atoms with E-state index in [0.29, 0.717) is 12.4 Å². The molecule has 0 saturated heterocycles. The van der Waals surface area contributed by atoms with E-state index in [4.69, 9.17) is 14.6 Å². The molecule has 2 rings (SSSR count). The first kappa shape index (κ1) is 13.9. The topological polar surface area (TPSA) is 55.8 Å². The average Bonchev–Trinajstić information content (AvgIpc) is 2.47. The molecule has 0 fully saturated rings. The number of hydrogen-bond donors (Lipinski definition) is 1. The Hall–Kier alpha value is -2.49. The number of benzene rings is 2. The molecular weight excluding hydrogens is 256 g/mol. The van der Waals surface area contributed by atoms with Crippen LogP contribution in [-0.2, 0) is 0 Å². The van der Waals surface area contributed by atoms with Gasteiger partial charge in [-0.15, -0.1) is 0 Å². The number of aromatic carboxylic acids is 1. The minimum atomic E-state index is -1.00. The summed E-state index contributed by atoms with van der Waals surface area (Å²) < 4.78 is 10.6. The van der Waals surface area contributed by atoms with E-state index >= 15 is 0 Å². The zero-order chi connectivity index (χ0) is 14.5. The summed E-state index contributed by atoms with van der Waals surface area (Å²) in [4.78, 5) is 11.1. The van der Waals surface area contributed by atoms with Gasteiger partial charge in [-0.2, -0.15) is 0 Å². The molecular formula is C16H16O4. The number of methoxy groups -OCH3 is 1. The highest BCUT2D eigenvalue weighted by Gasteiger charge is 2.12. The van der Waals surface area contributed by atoms with E-state index in [-0.39, 0.29) is 5.56 Å². The monoisotopic (exact) mass is 272 g/mol. The second kappa shape index (κ2) is 6.10. The van der Waals surface area contributed by atoms with E-state index in [9.17, 15) is 4.79 Å². The van der Waals surface area contributed by atoms with Gasteiger partial charge < -0.3 is 14.6 Å². The van der Waals surface area contributed by atoms with Crippen molar-refractivity contribution < 1.29 is 19.4 Å². The van der Waals surface area contributed by atoms with Gasteiger partial charge in [-0.3, -0.25) is 0 Å². The number of carboxylic acids is 1. The molecule has 0 amide bonds. The van der Waals surface area contributed by atoms with E-state index < -0.39 is 5.97 Å². The van der Waals surface area contributed by atoms with Crippen LogP contribution in [0.15, 0.2) is 42.5 Å². The number of rotatable bonds is 5. The van der Waals surface area contributed by atoms with Crippen LogP contribution >= 0.6 is 0 Å². The van der Waals surface area contributed by atoms with Crippen LogP contribution < -0.4 is 9.47 Å². The lowest BCUT2D eigenvalue weighted by Crippen LogP contribution is -2.00. The molecule has 0 atom stereocenters. The molecule has 0 aliphatic carbocycles. The van der Waals surface area contributed by atoms with E-state index in [1.165, 1.54) is 7.11 Å². The first-order valence-corrected chi connectivity index (χ1v) is 6.30. The molecule has 0 bridgehead atoms. The van der Waals surface area contributed by atoms with Gasteiger partial charge in [-0.05, 0) is 42.3 Å². The second-order valence-electron chi connectivity index (χ2n) is 4.18. The van der Waals surface area contributed by atoms with Gasteiger partial charge in [0.15, 0.2) is 0 Å². The SMILES string of the molecule is CCOc1cccc(-c2ccc(C(=O)O)c(OC)c2)c1. The predicted molar refractivity (Wildman–Crippen MR) is 76.6 cm³/mol. The van der Waals surface area contributed by atoms with Crippen LogP contribution in [0.3, 0.4) is 0 Å². The minimum Gasteiger partial charge on any atom is -0.496 e. The number of ether oxygens (including phenoxy) is 2. The van der Waals surface area contributed by atoms with Crippen molar-refractivity contribution in [2.45, 2.75) is 6.92 Å². The lowest BCUT2D eigenvalue weighted by Gasteiger charge is -2.09. The molecule has 2 aromatic carbocycles. The molecule has 0 unspecified atom stereocenters. The van der Waals surface area contributed by atoms with Gasteiger partial charge in [0.25, 0.3) is 0 Å². The molecule has 20 heavy (non-hydrogen) atoms. The molecule has 0 heterocycles. The third kappa shape index (κ3) is 2.91. The third-order valence-corrected chi connectivity index (χ3v) is 2.91. The van der Waals surface area contributed by atoms with Gasteiger partial charge in [0, 0.05) is 0 Å². The zero-order valence-electron chi connectivity index (χ0n) is 11.4. The minimum absolute atomic E-state index is 0.150. The van der Waals surface area contributed by atoms with Crippen molar-refractivity contribution in [2.75, 3.05) is 13.7 Å². The Morgan fingerprint density at radius 1 is 1.15 bits per heavy atom. The summed E-state index contributed by atoms with van der Waals surface area (Å²) in [7, 11) is 1.46. The summed E-state index contributed by atoms with van der Waals surface area (Å²) >= 11 is 0. The molecule has 4 nitrogen and oxygen atoms in total. The summed E-state index contributed by atoms with van der Waals surface area (Å²) in [6.07, 6.45) is 0. The Bertz CT molecular complexity index is 620. The molecule has 1 N–H and O–H groups in total. The molecule has 0 saturated carbocycles. The Morgan fingerprint density at radius 3 is 2.55 bits per heavy atom. The van der Waals surface area contributed by atoms with Crippen LogP contribution in [0.1, 0.15) is 17.3 Å². The maximum absolute atomic E-state index is 11.1. The highest BCUT2D eigenvalue weighted by Crippen LogP contribution is 2.29. The summed E-state index contributed by atoms with van der Waals surface area (Å²) in [6.45, 7) is 2.53. The first-order valence-electron chi connectivity index (χ1n) is 6.30. The summed E-state index contributed by atoms with van der Waals surface area (Å²) in [5, 5.41) is 9.07. The van der Waals surface area contributed by atoms with Crippen molar-refractivity contribution in [3.8, 4) is 22.6 Å². The van der Waals surface area contributed by atoms with E-state index in [1.54, 1.807) is 18.2 Å². The maximum atomic E-state index is 11.1. The molecule has 2 aromatic rings. The second-order valence-corrected chi connectivity index (χ2v) is 4.18. The van der Waals surface area contributed by atoms with Crippen molar-refractivity contribution in [2.24, 2.45) is 0 Å². The fourth-order valence-corrected chi connectivity index (χ4v) is 1.98. The molecule has 0 aliphatic heterocycles. The largest absolute Gasteiger partial charge is 0.496 e. The normalized spacial score (nSPS) is 10.1. The van der Waals surface area contributed by atoms with Gasteiger partial charge in [-0.1, -0.05) is 18.2 Å². The predicted octanol–water partition coefficient (Wildman–Crippen LogP) is 3.46. The van der Waals surface area contributed by atoms with Crippen LogP contribution in [0.4, 0.5) is 0 Å². The lowest BCUT2D eigenvalue weighted by atomic mass is 10.0. The van der Waals surface area contributed by atoms with Crippen LogP contribution in [0.2, 0.25) is 0 Å². The van der Waals surface area contributed by atoms with Gasteiger partial charge in [0.1, 0.15) is 17.1 Å². The summed E-state index contributed by atoms with van der Waals surface area (Å²) in [5.74, 6) is 0.125.